The number of thioether (sulfide) groups is 1. The molecule has 0 saturated carbocycles. The minimum Gasteiger partial charge on any atom is -0.486 e. The summed E-state index contributed by atoms with van der Waals surface area (Å²) in [7, 11) is 0. The Bertz CT molecular complexity index is 1540. The minimum atomic E-state index is -0.248. The molecule has 8 heteroatoms. The number of halogens is 3. The fraction of sp³-hybridized carbons (Fsp3) is 0.0714. The number of nitrogens with one attached hydrogen (secondary N) is 1. The molecule has 180 valence electrons. The zero-order chi connectivity index (χ0) is 25.2. The van der Waals surface area contributed by atoms with Gasteiger partial charge in [-0.15, -0.1) is 0 Å². The first-order chi connectivity index (χ1) is 17.4. The second-order valence-electron chi connectivity index (χ2n) is 8.11. The van der Waals surface area contributed by atoms with Gasteiger partial charge in [-0.05, 0) is 76.5 Å². The highest BCUT2D eigenvalue weighted by Crippen LogP contribution is 2.37. The van der Waals surface area contributed by atoms with Crippen LogP contribution in [0.1, 0.15) is 16.7 Å². The molecule has 4 aromatic carbocycles. The van der Waals surface area contributed by atoms with Crippen LogP contribution in [0.2, 0.25) is 15.1 Å². The molecule has 1 fully saturated rings. The summed E-state index contributed by atoms with van der Waals surface area (Å²) < 4.78 is 6.01. The van der Waals surface area contributed by atoms with Crippen molar-refractivity contribution in [3.8, 4) is 5.75 Å². The molecule has 0 bridgehead atoms. The lowest BCUT2D eigenvalue weighted by molar-refractivity contribution is -0.115. The molecule has 4 aromatic rings. The first-order valence-corrected chi connectivity index (χ1v) is 13.0. The van der Waals surface area contributed by atoms with E-state index in [-0.39, 0.29) is 5.91 Å². The van der Waals surface area contributed by atoms with Gasteiger partial charge in [0.25, 0.3) is 5.91 Å². The maximum Gasteiger partial charge on any atom is 0.264 e. The summed E-state index contributed by atoms with van der Waals surface area (Å²) in [5.41, 5.74) is 3.26. The summed E-state index contributed by atoms with van der Waals surface area (Å²) in [5.74, 6) is 0.151. The van der Waals surface area contributed by atoms with Crippen molar-refractivity contribution in [1.29, 1.82) is 0 Å². The van der Waals surface area contributed by atoms with E-state index in [1.54, 1.807) is 24.3 Å². The van der Waals surface area contributed by atoms with Crippen molar-refractivity contribution in [2.45, 2.75) is 13.5 Å². The third-order valence-corrected chi connectivity index (χ3v) is 7.56. The van der Waals surface area contributed by atoms with Crippen molar-refractivity contribution < 1.29 is 9.53 Å². The van der Waals surface area contributed by atoms with Crippen LogP contribution >= 0.6 is 46.6 Å². The maximum atomic E-state index is 12.5. The Kier molecular flexibility index (Phi) is 7.26. The van der Waals surface area contributed by atoms with E-state index in [9.17, 15) is 4.79 Å². The number of rotatable bonds is 5. The molecule has 1 amide bonds. The van der Waals surface area contributed by atoms with E-state index in [4.69, 9.17) is 39.5 Å². The molecule has 0 unspecified atom stereocenters. The van der Waals surface area contributed by atoms with Gasteiger partial charge in [-0.2, -0.15) is 0 Å². The van der Waals surface area contributed by atoms with E-state index >= 15 is 0 Å². The highest BCUT2D eigenvalue weighted by molar-refractivity contribution is 8.18. The van der Waals surface area contributed by atoms with Crippen LogP contribution in [-0.2, 0) is 11.4 Å². The topological polar surface area (TPSA) is 50.7 Å². The number of hydrogen-bond donors (Lipinski definition) is 1. The van der Waals surface area contributed by atoms with Gasteiger partial charge in [-0.1, -0.05) is 83.3 Å². The third kappa shape index (κ3) is 5.25. The van der Waals surface area contributed by atoms with Gasteiger partial charge in [0.1, 0.15) is 6.61 Å². The van der Waals surface area contributed by atoms with Gasteiger partial charge in [-0.3, -0.25) is 4.79 Å². The lowest BCUT2D eigenvalue weighted by Crippen LogP contribution is -2.19. The summed E-state index contributed by atoms with van der Waals surface area (Å²) in [6, 6.07) is 23.1. The van der Waals surface area contributed by atoms with Crippen LogP contribution in [0.25, 0.3) is 16.8 Å². The lowest BCUT2D eigenvalue weighted by Gasteiger charge is -2.12. The van der Waals surface area contributed by atoms with Crippen LogP contribution in [0.15, 0.2) is 82.7 Å². The fourth-order valence-electron chi connectivity index (χ4n) is 3.83. The molecule has 0 aliphatic carbocycles. The molecular formula is C28H19Cl3N2O2S. The molecule has 1 heterocycles. The predicted octanol–water partition coefficient (Wildman–Crippen LogP) is 8.58. The van der Waals surface area contributed by atoms with Gasteiger partial charge in [0.2, 0.25) is 0 Å². The molecule has 1 aliphatic heterocycles. The molecule has 0 radical (unpaired) electrons. The number of benzene rings is 4. The number of nitrogens with zero attached hydrogens (tertiary/aromatic N) is 1. The van der Waals surface area contributed by atoms with Crippen molar-refractivity contribution in [1.82, 2.24) is 5.32 Å². The number of aliphatic imine (C=N–C) groups is 1. The van der Waals surface area contributed by atoms with E-state index in [1.165, 1.54) is 11.8 Å². The number of carbonyl (C=O) groups excluding carboxylic acids is 1. The van der Waals surface area contributed by atoms with Gasteiger partial charge in [0.15, 0.2) is 10.9 Å². The van der Waals surface area contributed by atoms with Crippen LogP contribution in [0, 0.1) is 6.92 Å². The van der Waals surface area contributed by atoms with Gasteiger partial charge in [0.05, 0.1) is 20.6 Å². The molecule has 5 rings (SSSR count). The van der Waals surface area contributed by atoms with E-state index in [2.05, 4.69) is 28.5 Å². The van der Waals surface area contributed by atoms with Gasteiger partial charge >= 0.3 is 0 Å². The largest absolute Gasteiger partial charge is 0.486 e. The van der Waals surface area contributed by atoms with Crippen LogP contribution in [0.5, 0.6) is 5.75 Å². The van der Waals surface area contributed by atoms with Crippen LogP contribution in [0.4, 0.5) is 5.69 Å². The summed E-state index contributed by atoms with van der Waals surface area (Å²) >= 11 is 20.5. The maximum absolute atomic E-state index is 12.5. The van der Waals surface area contributed by atoms with Crippen molar-refractivity contribution in [3.63, 3.8) is 0 Å². The Labute approximate surface area is 227 Å². The highest BCUT2D eigenvalue weighted by Gasteiger charge is 2.24. The molecular weight excluding hydrogens is 535 g/mol. The summed E-state index contributed by atoms with van der Waals surface area (Å²) in [6.07, 6.45) is 1.72. The zero-order valence-corrected chi connectivity index (χ0v) is 22.1. The molecule has 1 saturated heterocycles. The first kappa shape index (κ1) is 24.7. The van der Waals surface area contributed by atoms with E-state index in [1.807, 2.05) is 43.3 Å². The second-order valence-corrected chi connectivity index (χ2v) is 10.4. The SMILES string of the molecule is Cc1c(Cl)cccc1N=C1NC(=O)/C(=C\c2cc(Cl)c(OCc3cccc4ccccc34)c(Cl)c2)S1. The Balaban J connectivity index is 1.35. The van der Waals surface area contributed by atoms with Gasteiger partial charge in [0, 0.05) is 5.02 Å². The Morgan fingerprint density at radius 2 is 1.67 bits per heavy atom. The highest BCUT2D eigenvalue weighted by atomic mass is 35.5. The van der Waals surface area contributed by atoms with Crippen molar-refractivity contribution in [3.05, 3.63) is 109 Å². The average molecular weight is 554 g/mol. The number of amides is 1. The average Bonchev–Trinajstić information content (AvgIpc) is 3.20. The molecule has 0 aromatic heterocycles. The van der Waals surface area contributed by atoms with Crippen molar-refractivity contribution in [2.24, 2.45) is 4.99 Å². The standard InChI is InChI=1S/C28H19Cl3N2O2S/c1-16-21(29)10-5-11-24(16)32-28-33-27(34)25(36-28)14-17-12-22(30)26(23(31)13-17)35-15-19-8-4-7-18-6-2-3-9-20(18)19/h2-14H,15H2,1H3,(H,32,33,34)/b25-14+. The van der Waals surface area contributed by atoms with Crippen LogP contribution in [0.3, 0.4) is 0 Å². The van der Waals surface area contributed by atoms with Crippen molar-refractivity contribution >= 4 is 80.2 Å². The summed E-state index contributed by atoms with van der Waals surface area (Å²) in [6.45, 7) is 2.20. The lowest BCUT2D eigenvalue weighted by atomic mass is 10.1. The molecule has 0 atom stereocenters. The molecule has 1 N–H and O–H groups in total. The normalized spacial score (nSPS) is 15.6. The van der Waals surface area contributed by atoms with Crippen LogP contribution in [-0.4, -0.2) is 11.1 Å². The van der Waals surface area contributed by atoms with E-state index in [0.29, 0.717) is 48.7 Å². The minimum absolute atomic E-state index is 0.248. The number of fused-ring (bicyclic) bond motifs is 1. The second kappa shape index (κ2) is 10.6. The fourth-order valence-corrected chi connectivity index (χ4v) is 5.44. The molecule has 1 aliphatic rings. The Hall–Kier alpha value is -2.96. The van der Waals surface area contributed by atoms with E-state index < -0.39 is 0 Å². The number of hydrogen-bond acceptors (Lipinski definition) is 4. The quantitative estimate of drug-likeness (QED) is 0.252. The predicted molar refractivity (Wildman–Crippen MR) is 152 cm³/mol. The molecule has 4 nitrogen and oxygen atoms in total. The van der Waals surface area contributed by atoms with Crippen LogP contribution < -0.4 is 10.1 Å². The van der Waals surface area contributed by atoms with E-state index in [0.717, 1.165) is 21.9 Å². The number of carbonyl (C=O) groups is 1. The number of amidine groups is 1. The summed E-state index contributed by atoms with van der Waals surface area (Å²) in [4.78, 5) is 17.5. The zero-order valence-electron chi connectivity index (χ0n) is 19.0. The Morgan fingerprint density at radius 3 is 2.47 bits per heavy atom. The summed E-state index contributed by atoms with van der Waals surface area (Å²) in [5, 5.41) is 6.86. The van der Waals surface area contributed by atoms with Gasteiger partial charge in [-0.25, -0.2) is 4.99 Å². The first-order valence-electron chi connectivity index (χ1n) is 11.0. The monoisotopic (exact) mass is 552 g/mol. The van der Waals surface area contributed by atoms with Gasteiger partial charge < -0.3 is 10.1 Å². The Morgan fingerprint density at radius 1 is 0.944 bits per heavy atom. The number of ether oxygens (including phenoxy) is 1. The third-order valence-electron chi connectivity index (χ3n) is 5.68. The van der Waals surface area contributed by atoms with Crippen molar-refractivity contribution in [2.75, 3.05) is 0 Å². The molecule has 36 heavy (non-hydrogen) atoms. The smallest absolute Gasteiger partial charge is 0.264 e. The molecule has 0 spiro atoms.